The summed E-state index contributed by atoms with van der Waals surface area (Å²) in [4.78, 5) is 11.9. The summed E-state index contributed by atoms with van der Waals surface area (Å²) in [5.41, 5.74) is 0.830. The number of nitrogens with zero attached hydrogens (tertiary/aromatic N) is 1. The molecule has 0 heterocycles. The van der Waals surface area contributed by atoms with Crippen molar-refractivity contribution in [2.45, 2.75) is 6.54 Å². The van der Waals surface area contributed by atoms with Crippen molar-refractivity contribution in [2.75, 3.05) is 14.2 Å². The average Bonchev–Trinajstić information content (AvgIpc) is 2.18. The van der Waals surface area contributed by atoms with Crippen molar-refractivity contribution >= 4 is 22.0 Å². The normalized spacial score (nSPS) is 9.80. The molecule has 4 nitrogen and oxygen atoms in total. The van der Waals surface area contributed by atoms with E-state index in [4.69, 9.17) is 9.84 Å². The predicted molar refractivity (Wildman–Crippen MR) is 60.2 cm³/mol. The van der Waals surface area contributed by atoms with E-state index in [-0.39, 0.29) is 0 Å². The second-order valence-electron chi connectivity index (χ2n) is 3.09. The highest BCUT2D eigenvalue weighted by molar-refractivity contribution is 9.10. The number of hydrogen-bond donors (Lipinski definition) is 1. The summed E-state index contributed by atoms with van der Waals surface area (Å²) in [5, 5.41) is 8.75. The Morgan fingerprint density at radius 2 is 2.27 bits per heavy atom. The van der Waals surface area contributed by atoms with Crippen LogP contribution < -0.4 is 4.74 Å². The van der Waals surface area contributed by atoms with E-state index in [1.165, 1.54) is 11.9 Å². The molecule has 0 saturated heterocycles. The third-order valence-corrected chi connectivity index (χ3v) is 2.47. The molecule has 0 aliphatic rings. The molecule has 1 aromatic rings. The molecule has 0 aliphatic carbocycles. The molecule has 1 rings (SSSR count). The highest BCUT2D eigenvalue weighted by Gasteiger charge is 2.10. The molecule has 5 heteroatoms. The fourth-order valence-corrected chi connectivity index (χ4v) is 1.60. The van der Waals surface area contributed by atoms with Crippen LogP contribution in [-0.2, 0) is 6.54 Å². The lowest BCUT2D eigenvalue weighted by Gasteiger charge is -2.15. The molecule has 0 aromatic heterocycles. The van der Waals surface area contributed by atoms with E-state index in [0.29, 0.717) is 12.3 Å². The predicted octanol–water partition coefficient (Wildman–Crippen LogP) is 2.57. The van der Waals surface area contributed by atoms with Crippen LogP contribution in [0.5, 0.6) is 5.75 Å². The van der Waals surface area contributed by atoms with Gasteiger partial charge in [-0.05, 0) is 18.2 Å². The zero-order valence-corrected chi connectivity index (χ0v) is 10.1. The molecule has 0 saturated carbocycles. The van der Waals surface area contributed by atoms with Crippen LogP contribution in [0.15, 0.2) is 22.7 Å². The Bertz CT molecular complexity index is 368. The molecule has 0 radical (unpaired) electrons. The summed E-state index contributed by atoms with van der Waals surface area (Å²) in [5.74, 6) is 0.686. The second-order valence-corrected chi connectivity index (χ2v) is 4.01. The van der Waals surface area contributed by atoms with Gasteiger partial charge < -0.3 is 14.7 Å². The first-order valence-electron chi connectivity index (χ1n) is 4.31. The minimum Gasteiger partial charge on any atom is -0.496 e. The average molecular weight is 274 g/mol. The number of carbonyl (C=O) groups is 1. The van der Waals surface area contributed by atoms with Gasteiger partial charge in [-0.1, -0.05) is 15.9 Å². The molecule has 82 valence electrons. The molecule has 0 spiro atoms. The van der Waals surface area contributed by atoms with Crippen LogP contribution in [0.25, 0.3) is 0 Å². The van der Waals surface area contributed by atoms with E-state index in [1.807, 2.05) is 12.1 Å². The molecule has 15 heavy (non-hydrogen) atoms. The van der Waals surface area contributed by atoms with Gasteiger partial charge in [0.1, 0.15) is 5.75 Å². The van der Waals surface area contributed by atoms with Gasteiger partial charge in [-0.15, -0.1) is 0 Å². The summed E-state index contributed by atoms with van der Waals surface area (Å²) < 4.78 is 6.04. The van der Waals surface area contributed by atoms with E-state index >= 15 is 0 Å². The zero-order chi connectivity index (χ0) is 11.4. The topological polar surface area (TPSA) is 49.8 Å². The highest BCUT2D eigenvalue weighted by atomic mass is 79.9. The van der Waals surface area contributed by atoms with Crippen LogP contribution >= 0.6 is 15.9 Å². The number of amides is 1. The van der Waals surface area contributed by atoms with Gasteiger partial charge in [0.2, 0.25) is 0 Å². The van der Waals surface area contributed by atoms with Crippen molar-refractivity contribution in [2.24, 2.45) is 0 Å². The molecular weight excluding hydrogens is 262 g/mol. The van der Waals surface area contributed by atoms with Crippen molar-refractivity contribution in [3.05, 3.63) is 28.2 Å². The van der Waals surface area contributed by atoms with E-state index < -0.39 is 6.09 Å². The van der Waals surface area contributed by atoms with Crippen LogP contribution in [0.4, 0.5) is 4.79 Å². The lowest BCUT2D eigenvalue weighted by atomic mass is 10.2. The van der Waals surface area contributed by atoms with Crippen molar-refractivity contribution < 1.29 is 14.6 Å². The number of carboxylic acid groups (broad SMARTS) is 1. The number of ether oxygens (including phenoxy) is 1. The molecule has 1 amide bonds. The molecule has 0 aliphatic heterocycles. The van der Waals surface area contributed by atoms with E-state index in [2.05, 4.69) is 15.9 Å². The largest absolute Gasteiger partial charge is 0.496 e. The number of methoxy groups -OCH3 is 1. The van der Waals surface area contributed by atoms with Crippen molar-refractivity contribution in [1.82, 2.24) is 4.90 Å². The molecule has 0 bridgehead atoms. The third kappa shape index (κ3) is 3.13. The Balaban J connectivity index is 2.91. The summed E-state index contributed by atoms with van der Waals surface area (Å²) in [6, 6.07) is 5.50. The Kier molecular flexibility index (Phi) is 3.96. The van der Waals surface area contributed by atoms with Gasteiger partial charge in [0.15, 0.2) is 0 Å². The number of hydrogen-bond acceptors (Lipinski definition) is 2. The Labute approximate surface area is 96.6 Å². The van der Waals surface area contributed by atoms with Gasteiger partial charge in [-0.3, -0.25) is 0 Å². The molecule has 0 atom stereocenters. The first-order chi connectivity index (χ1) is 7.04. The van der Waals surface area contributed by atoms with E-state index in [0.717, 1.165) is 10.0 Å². The van der Waals surface area contributed by atoms with Crippen molar-refractivity contribution in [3.63, 3.8) is 0 Å². The maximum absolute atomic E-state index is 10.7. The quantitative estimate of drug-likeness (QED) is 0.921. The Hall–Kier alpha value is -1.23. The van der Waals surface area contributed by atoms with Crippen LogP contribution in [0, 0.1) is 0 Å². The summed E-state index contributed by atoms with van der Waals surface area (Å²) in [7, 11) is 3.08. The third-order valence-electron chi connectivity index (χ3n) is 1.98. The van der Waals surface area contributed by atoms with Gasteiger partial charge in [0.05, 0.1) is 13.7 Å². The lowest BCUT2D eigenvalue weighted by Crippen LogP contribution is -2.24. The lowest BCUT2D eigenvalue weighted by molar-refractivity contribution is 0.153. The van der Waals surface area contributed by atoms with Crippen molar-refractivity contribution in [1.29, 1.82) is 0 Å². The summed E-state index contributed by atoms with van der Waals surface area (Å²) >= 11 is 3.33. The van der Waals surface area contributed by atoms with Gasteiger partial charge >= 0.3 is 6.09 Å². The van der Waals surface area contributed by atoms with Gasteiger partial charge in [-0.2, -0.15) is 0 Å². The SMILES string of the molecule is COc1ccc(Br)cc1CN(C)C(=O)O. The maximum atomic E-state index is 10.7. The molecule has 1 aromatic carbocycles. The van der Waals surface area contributed by atoms with Crippen LogP contribution in [-0.4, -0.2) is 30.3 Å². The van der Waals surface area contributed by atoms with E-state index in [1.54, 1.807) is 13.2 Å². The first-order valence-corrected chi connectivity index (χ1v) is 5.10. The zero-order valence-electron chi connectivity index (χ0n) is 8.53. The maximum Gasteiger partial charge on any atom is 0.407 e. The van der Waals surface area contributed by atoms with Gasteiger partial charge in [-0.25, -0.2) is 4.79 Å². The summed E-state index contributed by atoms with van der Waals surface area (Å²) in [6.45, 7) is 0.304. The van der Waals surface area contributed by atoms with Gasteiger partial charge in [0.25, 0.3) is 0 Å². The Morgan fingerprint density at radius 1 is 1.60 bits per heavy atom. The van der Waals surface area contributed by atoms with Gasteiger partial charge in [0, 0.05) is 17.1 Å². The summed E-state index contributed by atoms with van der Waals surface area (Å²) in [6.07, 6.45) is -0.961. The second kappa shape index (κ2) is 5.02. The number of halogens is 1. The fraction of sp³-hybridized carbons (Fsp3) is 0.300. The van der Waals surface area contributed by atoms with Crippen LogP contribution in [0.3, 0.4) is 0 Å². The molecule has 1 N–H and O–H groups in total. The molecule has 0 unspecified atom stereocenters. The van der Waals surface area contributed by atoms with Crippen LogP contribution in [0.2, 0.25) is 0 Å². The van der Waals surface area contributed by atoms with E-state index in [9.17, 15) is 4.79 Å². The fourth-order valence-electron chi connectivity index (χ4n) is 1.19. The monoisotopic (exact) mass is 273 g/mol. The van der Waals surface area contributed by atoms with Crippen molar-refractivity contribution in [3.8, 4) is 5.75 Å². The number of rotatable bonds is 3. The highest BCUT2D eigenvalue weighted by Crippen LogP contribution is 2.23. The Morgan fingerprint density at radius 3 is 2.80 bits per heavy atom. The smallest absolute Gasteiger partial charge is 0.407 e. The standard InChI is InChI=1S/C10H12BrNO3/c1-12(10(13)14)6-7-5-8(11)3-4-9(7)15-2/h3-5H,6H2,1-2H3,(H,13,14). The first kappa shape index (κ1) is 11.8. The minimum atomic E-state index is -0.961. The number of benzene rings is 1. The molecule has 0 fully saturated rings. The molecular formula is C10H12BrNO3. The van der Waals surface area contributed by atoms with Crippen LogP contribution in [0.1, 0.15) is 5.56 Å². The minimum absolute atomic E-state index is 0.304.